The zero-order valence-electron chi connectivity index (χ0n) is 15.1. The van der Waals surface area contributed by atoms with Crippen LogP contribution in [0.5, 0.6) is 0 Å². The smallest absolute Gasteiger partial charge is 0.310 e. The fourth-order valence-corrected chi connectivity index (χ4v) is 2.78. The first-order valence-electron chi connectivity index (χ1n) is 8.36. The molecule has 2 aromatic rings. The molecule has 130 valence electrons. The van der Waals surface area contributed by atoms with E-state index in [2.05, 4.69) is 29.3 Å². The second-order valence-electron chi connectivity index (χ2n) is 6.26. The van der Waals surface area contributed by atoms with Crippen LogP contribution in [0.25, 0.3) is 10.9 Å². The molecule has 0 aliphatic heterocycles. The predicted octanol–water partition coefficient (Wildman–Crippen LogP) is 3.01. The number of aromatic nitrogens is 1. The van der Waals surface area contributed by atoms with Crippen LogP contribution in [0.4, 0.5) is 5.69 Å². The molecule has 0 spiro atoms. The van der Waals surface area contributed by atoms with E-state index in [1.165, 1.54) is 7.11 Å². The van der Waals surface area contributed by atoms with Gasteiger partial charge in [0.25, 0.3) is 0 Å². The largest absolute Gasteiger partial charge is 0.469 e. The number of aryl methyl sites for hydroxylation is 1. The summed E-state index contributed by atoms with van der Waals surface area (Å²) in [6.45, 7) is 3.89. The van der Waals surface area contributed by atoms with Gasteiger partial charge in [0.05, 0.1) is 19.0 Å². The normalized spacial score (nSPS) is 11.0. The monoisotopic (exact) mass is 329 g/mol. The first-order valence-corrected chi connectivity index (χ1v) is 8.36. The first kappa shape index (κ1) is 18.2. The van der Waals surface area contributed by atoms with Gasteiger partial charge in [0, 0.05) is 28.9 Å². The lowest BCUT2D eigenvalue weighted by atomic mass is 10.0. The van der Waals surface area contributed by atoms with Crippen molar-refractivity contribution in [3.05, 3.63) is 35.5 Å². The van der Waals surface area contributed by atoms with Crippen LogP contribution in [-0.2, 0) is 16.0 Å². The number of nitrogens with zero attached hydrogens (tertiary/aromatic N) is 2. The van der Waals surface area contributed by atoms with Gasteiger partial charge >= 0.3 is 5.97 Å². The molecule has 0 aliphatic carbocycles. The molecule has 0 atom stereocenters. The maximum absolute atomic E-state index is 11.8. The molecule has 1 aromatic carbocycles. The van der Waals surface area contributed by atoms with Crippen molar-refractivity contribution in [1.82, 2.24) is 9.88 Å². The zero-order valence-corrected chi connectivity index (χ0v) is 15.1. The average molecular weight is 329 g/mol. The lowest BCUT2D eigenvalue weighted by Crippen LogP contribution is -2.15. The van der Waals surface area contributed by atoms with E-state index in [4.69, 9.17) is 4.74 Å². The average Bonchev–Trinajstić information content (AvgIpc) is 2.56. The fraction of sp³-hybridized carbons (Fsp3) is 0.474. The number of ether oxygens (including phenoxy) is 1. The number of esters is 1. The zero-order chi connectivity index (χ0) is 17.5. The molecular weight excluding hydrogens is 302 g/mol. The topological polar surface area (TPSA) is 54.5 Å². The quantitative estimate of drug-likeness (QED) is 0.596. The highest BCUT2D eigenvalue weighted by Gasteiger charge is 2.15. The molecule has 0 aliphatic rings. The van der Waals surface area contributed by atoms with Gasteiger partial charge in [0.1, 0.15) is 0 Å². The van der Waals surface area contributed by atoms with Crippen molar-refractivity contribution in [2.75, 3.05) is 39.6 Å². The van der Waals surface area contributed by atoms with Crippen LogP contribution < -0.4 is 5.32 Å². The second-order valence-corrected chi connectivity index (χ2v) is 6.26. The molecule has 5 heteroatoms. The number of pyridine rings is 1. The molecule has 1 heterocycles. The summed E-state index contributed by atoms with van der Waals surface area (Å²) in [7, 11) is 5.59. The van der Waals surface area contributed by atoms with E-state index in [9.17, 15) is 4.79 Å². The SMILES string of the molecule is COC(=O)Cc1c(C)nc2ccccc2c1NCCCCN(C)C. The minimum Gasteiger partial charge on any atom is -0.469 e. The summed E-state index contributed by atoms with van der Waals surface area (Å²) >= 11 is 0. The Kier molecular flexibility index (Phi) is 6.55. The minimum absolute atomic E-state index is 0.236. The maximum atomic E-state index is 11.8. The van der Waals surface area contributed by atoms with Crippen molar-refractivity contribution in [3.8, 4) is 0 Å². The Bertz CT molecular complexity index is 698. The Hall–Kier alpha value is -2.14. The predicted molar refractivity (Wildman–Crippen MR) is 98.5 cm³/mol. The number of unbranched alkanes of at least 4 members (excludes halogenated alkanes) is 1. The lowest BCUT2D eigenvalue weighted by molar-refractivity contribution is -0.139. The second kappa shape index (κ2) is 8.64. The summed E-state index contributed by atoms with van der Waals surface area (Å²) in [5, 5.41) is 4.58. The third kappa shape index (κ3) is 4.68. The van der Waals surface area contributed by atoms with Gasteiger partial charge in [0.2, 0.25) is 0 Å². The molecule has 2 rings (SSSR count). The molecule has 0 saturated heterocycles. The van der Waals surface area contributed by atoms with Crippen LogP contribution in [-0.4, -0.2) is 50.1 Å². The molecular formula is C19H27N3O2. The van der Waals surface area contributed by atoms with Crippen LogP contribution in [0.15, 0.2) is 24.3 Å². The Balaban J connectivity index is 2.25. The molecule has 0 radical (unpaired) electrons. The lowest BCUT2D eigenvalue weighted by Gasteiger charge is -2.17. The Morgan fingerprint density at radius 3 is 2.71 bits per heavy atom. The van der Waals surface area contributed by atoms with Crippen molar-refractivity contribution < 1.29 is 9.53 Å². The van der Waals surface area contributed by atoms with Gasteiger partial charge in [-0.1, -0.05) is 18.2 Å². The third-order valence-corrected chi connectivity index (χ3v) is 4.08. The summed E-state index contributed by atoms with van der Waals surface area (Å²) < 4.78 is 4.85. The van der Waals surface area contributed by atoms with Crippen LogP contribution in [0.1, 0.15) is 24.1 Å². The number of nitrogens with one attached hydrogen (secondary N) is 1. The van der Waals surface area contributed by atoms with Gasteiger partial charge < -0.3 is 15.0 Å². The summed E-state index contributed by atoms with van der Waals surface area (Å²) in [4.78, 5) is 18.6. The number of rotatable bonds is 8. The molecule has 24 heavy (non-hydrogen) atoms. The van der Waals surface area contributed by atoms with Gasteiger partial charge in [-0.3, -0.25) is 9.78 Å². The first-order chi connectivity index (χ1) is 11.5. The van der Waals surface area contributed by atoms with Gasteiger partial charge in [-0.05, 0) is 46.5 Å². The van der Waals surface area contributed by atoms with E-state index in [1.807, 2.05) is 31.2 Å². The van der Waals surface area contributed by atoms with Crippen LogP contribution in [0.3, 0.4) is 0 Å². The molecule has 0 fully saturated rings. The molecule has 1 N–H and O–H groups in total. The van der Waals surface area contributed by atoms with E-state index >= 15 is 0 Å². The summed E-state index contributed by atoms with van der Waals surface area (Å²) in [6.07, 6.45) is 2.44. The van der Waals surface area contributed by atoms with E-state index in [0.29, 0.717) is 0 Å². The number of hydrogen-bond acceptors (Lipinski definition) is 5. The van der Waals surface area contributed by atoms with Crippen molar-refractivity contribution in [2.45, 2.75) is 26.2 Å². The van der Waals surface area contributed by atoms with E-state index < -0.39 is 0 Å². The molecule has 0 amide bonds. The standard InChI is InChI=1S/C19H27N3O2/c1-14-16(13-18(23)24-4)19(20-11-7-8-12-22(2)3)15-9-5-6-10-17(15)21-14/h5-6,9-10H,7-8,11-13H2,1-4H3,(H,20,21). The Labute approximate surface area is 144 Å². The van der Waals surface area contributed by atoms with Crippen molar-refractivity contribution in [1.29, 1.82) is 0 Å². The maximum Gasteiger partial charge on any atom is 0.310 e. The fourth-order valence-electron chi connectivity index (χ4n) is 2.78. The highest BCUT2D eigenvalue weighted by Crippen LogP contribution is 2.29. The number of benzene rings is 1. The van der Waals surface area contributed by atoms with Gasteiger partial charge in [-0.15, -0.1) is 0 Å². The van der Waals surface area contributed by atoms with E-state index in [-0.39, 0.29) is 12.4 Å². The van der Waals surface area contributed by atoms with Crippen molar-refractivity contribution in [2.24, 2.45) is 0 Å². The minimum atomic E-state index is -0.245. The van der Waals surface area contributed by atoms with E-state index in [1.54, 1.807) is 0 Å². The summed E-state index contributed by atoms with van der Waals surface area (Å²) in [5.74, 6) is -0.245. The van der Waals surface area contributed by atoms with E-state index in [0.717, 1.165) is 53.8 Å². The van der Waals surface area contributed by atoms with Crippen molar-refractivity contribution >= 4 is 22.6 Å². The number of fused-ring (bicyclic) bond motifs is 1. The van der Waals surface area contributed by atoms with Crippen LogP contribution in [0.2, 0.25) is 0 Å². The molecule has 0 unspecified atom stereocenters. The van der Waals surface area contributed by atoms with Gasteiger partial charge in [-0.2, -0.15) is 0 Å². The third-order valence-electron chi connectivity index (χ3n) is 4.08. The van der Waals surface area contributed by atoms with Crippen molar-refractivity contribution in [3.63, 3.8) is 0 Å². The summed E-state index contributed by atoms with van der Waals surface area (Å²) in [6, 6.07) is 8.03. The van der Waals surface area contributed by atoms with Crippen LogP contribution >= 0.6 is 0 Å². The summed E-state index contributed by atoms with van der Waals surface area (Å²) in [5.41, 5.74) is 3.75. The molecule has 1 aromatic heterocycles. The number of anilines is 1. The Morgan fingerprint density at radius 1 is 1.25 bits per heavy atom. The number of carbonyl (C=O) groups is 1. The number of methoxy groups -OCH3 is 1. The molecule has 0 saturated carbocycles. The van der Waals surface area contributed by atoms with Crippen LogP contribution in [0, 0.1) is 6.92 Å². The molecule has 5 nitrogen and oxygen atoms in total. The van der Waals surface area contributed by atoms with Gasteiger partial charge in [-0.25, -0.2) is 0 Å². The number of hydrogen-bond donors (Lipinski definition) is 1. The van der Waals surface area contributed by atoms with Gasteiger partial charge in [0.15, 0.2) is 0 Å². The highest BCUT2D eigenvalue weighted by atomic mass is 16.5. The molecule has 0 bridgehead atoms. The number of carbonyl (C=O) groups excluding carboxylic acids is 1. The Morgan fingerprint density at radius 2 is 2.00 bits per heavy atom. The highest BCUT2D eigenvalue weighted by molar-refractivity contribution is 5.95. The number of para-hydroxylation sites is 1.